The highest BCUT2D eigenvalue weighted by Crippen LogP contribution is 2.22. The number of nitrogens with one attached hydrogen (secondary N) is 1. The van der Waals surface area contributed by atoms with E-state index in [1.807, 2.05) is 6.92 Å². The summed E-state index contributed by atoms with van der Waals surface area (Å²) in [5.41, 5.74) is 7.20. The number of amides is 1. The average Bonchev–Trinajstić information content (AvgIpc) is 2.30. The summed E-state index contributed by atoms with van der Waals surface area (Å²) < 4.78 is 0. The van der Waals surface area contributed by atoms with Crippen molar-refractivity contribution in [3.05, 3.63) is 23.0 Å². The SMILES string of the molecule is CCCCC(N)C(=O)Nc1c(C)ccnc1Cl. The van der Waals surface area contributed by atoms with Gasteiger partial charge in [0, 0.05) is 6.20 Å². The number of aromatic nitrogens is 1. The van der Waals surface area contributed by atoms with Gasteiger partial charge in [-0.15, -0.1) is 0 Å². The highest BCUT2D eigenvalue weighted by atomic mass is 35.5. The molecular formula is C12H18ClN3O. The van der Waals surface area contributed by atoms with Crippen LogP contribution in [0.3, 0.4) is 0 Å². The molecule has 3 N–H and O–H groups in total. The Morgan fingerprint density at radius 1 is 1.65 bits per heavy atom. The van der Waals surface area contributed by atoms with Crippen molar-refractivity contribution in [3.63, 3.8) is 0 Å². The van der Waals surface area contributed by atoms with E-state index in [-0.39, 0.29) is 5.91 Å². The molecule has 1 heterocycles. The van der Waals surface area contributed by atoms with E-state index in [0.29, 0.717) is 17.3 Å². The first-order valence-corrected chi connectivity index (χ1v) is 6.11. The van der Waals surface area contributed by atoms with Crippen LogP contribution < -0.4 is 11.1 Å². The number of carbonyl (C=O) groups excluding carboxylic acids is 1. The Bertz CT molecular complexity index is 375. The Balaban J connectivity index is 2.68. The van der Waals surface area contributed by atoms with Crippen LogP contribution in [0, 0.1) is 6.92 Å². The molecule has 0 aliphatic heterocycles. The van der Waals surface area contributed by atoms with E-state index in [4.69, 9.17) is 17.3 Å². The Morgan fingerprint density at radius 2 is 2.35 bits per heavy atom. The molecule has 1 aromatic heterocycles. The minimum absolute atomic E-state index is 0.212. The molecule has 0 aliphatic rings. The molecule has 1 aromatic rings. The molecular weight excluding hydrogens is 238 g/mol. The number of rotatable bonds is 5. The maximum Gasteiger partial charge on any atom is 0.241 e. The average molecular weight is 256 g/mol. The molecule has 0 aromatic carbocycles. The van der Waals surface area contributed by atoms with Gasteiger partial charge in [-0.05, 0) is 25.0 Å². The molecule has 0 bridgehead atoms. The number of aryl methyl sites for hydroxylation is 1. The maximum absolute atomic E-state index is 11.8. The smallest absolute Gasteiger partial charge is 0.241 e. The number of pyridine rings is 1. The molecule has 0 aliphatic carbocycles. The summed E-state index contributed by atoms with van der Waals surface area (Å²) >= 11 is 5.92. The first-order valence-electron chi connectivity index (χ1n) is 5.73. The molecule has 0 saturated carbocycles. The largest absolute Gasteiger partial charge is 0.322 e. The van der Waals surface area contributed by atoms with Crippen LogP contribution in [0.15, 0.2) is 12.3 Å². The van der Waals surface area contributed by atoms with Crippen molar-refractivity contribution in [2.45, 2.75) is 39.2 Å². The lowest BCUT2D eigenvalue weighted by atomic mass is 10.1. The van der Waals surface area contributed by atoms with Crippen molar-refractivity contribution >= 4 is 23.2 Å². The molecule has 0 fully saturated rings. The number of carbonyl (C=O) groups is 1. The third-order valence-corrected chi connectivity index (χ3v) is 2.85. The van der Waals surface area contributed by atoms with Gasteiger partial charge in [-0.1, -0.05) is 31.4 Å². The quantitative estimate of drug-likeness (QED) is 0.795. The molecule has 1 unspecified atom stereocenters. The van der Waals surface area contributed by atoms with E-state index in [2.05, 4.69) is 17.2 Å². The standard InChI is InChI=1S/C12H18ClN3O/c1-3-4-5-9(14)12(17)16-10-8(2)6-7-15-11(10)13/h6-7,9H,3-5,14H2,1-2H3,(H,16,17). The van der Waals surface area contributed by atoms with Gasteiger partial charge in [0.25, 0.3) is 0 Å². The summed E-state index contributed by atoms with van der Waals surface area (Å²) in [6, 6.07) is 1.30. The number of hydrogen-bond donors (Lipinski definition) is 2. The number of anilines is 1. The second-order valence-corrected chi connectivity index (χ2v) is 4.39. The third-order valence-electron chi connectivity index (χ3n) is 2.57. The van der Waals surface area contributed by atoms with E-state index >= 15 is 0 Å². The normalized spacial score (nSPS) is 12.2. The number of nitrogens with two attached hydrogens (primary N) is 1. The van der Waals surface area contributed by atoms with Crippen molar-refractivity contribution in [1.82, 2.24) is 4.98 Å². The van der Waals surface area contributed by atoms with Crippen molar-refractivity contribution in [3.8, 4) is 0 Å². The second-order valence-electron chi connectivity index (χ2n) is 4.03. The molecule has 1 amide bonds. The molecule has 1 atom stereocenters. The summed E-state index contributed by atoms with van der Waals surface area (Å²) in [5.74, 6) is -0.212. The lowest BCUT2D eigenvalue weighted by Gasteiger charge is -2.13. The summed E-state index contributed by atoms with van der Waals surface area (Å²) in [6.07, 6.45) is 4.24. The highest BCUT2D eigenvalue weighted by molar-refractivity contribution is 6.32. The molecule has 0 saturated heterocycles. The van der Waals surface area contributed by atoms with Gasteiger partial charge in [0.05, 0.1) is 11.7 Å². The van der Waals surface area contributed by atoms with E-state index in [1.165, 1.54) is 0 Å². The van der Waals surface area contributed by atoms with Crippen LogP contribution in [0.25, 0.3) is 0 Å². The van der Waals surface area contributed by atoms with E-state index in [0.717, 1.165) is 18.4 Å². The number of nitrogens with zero attached hydrogens (tertiary/aromatic N) is 1. The Hall–Kier alpha value is -1.13. The van der Waals surface area contributed by atoms with Crippen LogP contribution in [0.2, 0.25) is 5.15 Å². The molecule has 5 heteroatoms. The van der Waals surface area contributed by atoms with Gasteiger partial charge in [-0.25, -0.2) is 4.98 Å². The molecule has 0 spiro atoms. The number of halogens is 1. The summed E-state index contributed by atoms with van der Waals surface area (Å²) in [6.45, 7) is 3.92. The molecule has 94 valence electrons. The zero-order chi connectivity index (χ0) is 12.8. The molecule has 0 radical (unpaired) electrons. The van der Waals surface area contributed by atoms with Crippen LogP contribution in [-0.2, 0) is 4.79 Å². The van der Waals surface area contributed by atoms with Gasteiger partial charge in [-0.2, -0.15) is 0 Å². The van der Waals surface area contributed by atoms with E-state index < -0.39 is 6.04 Å². The predicted molar refractivity (Wildman–Crippen MR) is 70.1 cm³/mol. The van der Waals surface area contributed by atoms with Crippen LogP contribution in [0.1, 0.15) is 31.7 Å². The van der Waals surface area contributed by atoms with Crippen molar-refractivity contribution in [2.24, 2.45) is 5.73 Å². The van der Waals surface area contributed by atoms with Crippen LogP contribution in [-0.4, -0.2) is 16.9 Å². The summed E-state index contributed by atoms with van der Waals surface area (Å²) in [7, 11) is 0. The van der Waals surface area contributed by atoms with Crippen LogP contribution in [0.5, 0.6) is 0 Å². The summed E-state index contributed by atoms with van der Waals surface area (Å²) in [4.78, 5) is 15.7. The summed E-state index contributed by atoms with van der Waals surface area (Å²) in [5, 5.41) is 3.02. The highest BCUT2D eigenvalue weighted by Gasteiger charge is 2.15. The fourth-order valence-electron chi connectivity index (χ4n) is 1.45. The third kappa shape index (κ3) is 3.98. The lowest BCUT2D eigenvalue weighted by Crippen LogP contribution is -2.35. The van der Waals surface area contributed by atoms with Gasteiger partial charge in [-0.3, -0.25) is 4.79 Å². The van der Waals surface area contributed by atoms with Crippen molar-refractivity contribution < 1.29 is 4.79 Å². The van der Waals surface area contributed by atoms with Gasteiger partial charge >= 0.3 is 0 Å². The van der Waals surface area contributed by atoms with Crippen LogP contribution in [0.4, 0.5) is 5.69 Å². The first-order chi connectivity index (χ1) is 8.06. The first kappa shape index (κ1) is 13.9. The number of unbranched alkanes of at least 4 members (excludes halogenated alkanes) is 1. The van der Waals surface area contributed by atoms with E-state index in [1.54, 1.807) is 12.3 Å². The maximum atomic E-state index is 11.8. The molecule has 17 heavy (non-hydrogen) atoms. The Morgan fingerprint density at radius 3 is 2.94 bits per heavy atom. The van der Waals surface area contributed by atoms with Crippen molar-refractivity contribution in [1.29, 1.82) is 0 Å². The second kappa shape index (κ2) is 6.57. The van der Waals surface area contributed by atoms with Crippen LogP contribution >= 0.6 is 11.6 Å². The van der Waals surface area contributed by atoms with Gasteiger partial charge in [0.1, 0.15) is 0 Å². The molecule has 4 nitrogen and oxygen atoms in total. The zero-order valence-corrected chi connectivity index (χ0v) is 10.9. The fraction of sp³-hybridized carbons (Fsp3) is 0.500. The topological polar surface area (TPSA) is 68.0 Å². The van der Waals surface area contributed by atoms with Crippen molar-refractivity contribution in [2.75, 3.05) is 5.32 Å². The fourth-order valence-corrected chi connectivity index (χ4v) is 1.70. The minimum Gasteiger partial charge on any atom is -0.322 e. The zero-order valence-electron chi connectivity index (χ0n) is 10.2. The molecule has 1 rings (SSSR count). The Kier molecular flexibility index (Phi) is 5.38. The number of hydrogen-bond acceptors (Lipinski definition) is 3. The van der Waals surface area contributed by atoms with E-state index in [9.17, 15) is 4.79 Å². The lowest BCUT2D eigenvalue weighted by molar-refractivity contribution is -0.117. The Labute approximate surface area is 107 Å². The minimum atomic E-state index is -0.495. The predicted octanol–water partition coefficient (Wildman–Crippen LogP) is 2.50. The van der Waals surface area contributed by atoms with Gasteiger partial charge in [0.15, 0.2) is 5.15 Å². The monoisotopic (exact) mass is 255 g/mol. The van der Waals surface area contributed by atoms with Gasteiger partial charge < -0.3 is 11.1 Å². The van der Waals surface area contributed by atoms with Gasteiger partial charge in [0.2, 0.25) is 5.91 Å².